The van der Waals surface area contributed by atoms with Crippen LogP contribution >= 0.6 is 0 Å². The first-order valence-corrected chi connectivity index (χ1v) is 13.4. The average molecular weight is 435 g/mol. The Balaban J connectivity index is 1.96. The first kappa shape index (κ1) is 27.9. The molecule has 0 saturated heterocycles. The minimum Gasteiger partial charge on any atom is -0.351 e. The van der Waals surface area contributed by atoms with Gasteiger partial charge in [0.2, 0.25) is 5.91 Å². The van der Waals surface area contributed by atoms with E-state index in [2.05, 4.69) is 37.5 Å². The topological polar surface area (TPSA) is 41.5 Å². The van der Waals surface area contributed by atoms with Gasteiger partial charge in [-0.25, -0.2) is 4.99 Å². The summed E-state index contributed by atoms with van der Waals surface area (Å²) in [5.74, 6) is 0.0705. The first-order valence-electron chi connectivity index (χ1n) is 13.4. The van der Waals surface area contributed by atoms with E-state index in [1.54, 1.807) is 6.92 Å². The number of nitrogens with one attached hydrogen (secondary N) is 1. The van der Waals surface area contributed by atoms with Crippen molar-refractivity contribution in [1.29, 1.82) is 0 Å². The summed E-state index contributed by atoms with van der Waals surface area (Å²) >= 11 is 0. The molecule has 0 bridgehead atoms. The molecule has 0 saturated carbocycles. The number of rotatable bonds is 20. The standard InChI is InChI=1S/C27H51N3O/c1-4-6-7-8-9-10-11-12-13-14-15-16-17-18-19-20-21-27-29-23-25-30(27,5-2)24-22-28-26(3)31/h7-8,23,27H,4-6,9-22,24-25H2,1-3H3/p+1/b8-7+. The average Bonchev–Trinajstić information content (AvgIpc) is 3.16. The van der Waals surface area contributed by atoms with E-state index >= 15 is 0 Å². The summed E-state index contributed by atoms with van der Waals surface area (Å²) in [4.78, 5) is 16.0. The second-order valence-corrected chi connectivity index (χ2v) is 9.46. The zero-order valence-electron chi connectivity index (χ0n) is 21.0. The number of quaternary nitrogens is 1. The van der Waals surface area contributed by atoms with Crippen LogP contribution in [0.5, 0.6) is 0 Å². The van der Waals surface area contributed by atoms with Crippen LogP contribution in [0.4, 0.5) is 0 Å². The maximum atomic E-state index is 11.2. The number of aliphatic imine (C=N–C) groups is 1. The number of unbranched alkanes of at least 4 members (excludes halogenated alkanes) is 12. The Kier molecular flexibility index (Phi) is 16.6. The van der Waals surface area contributed by atoms with Crippen LogP contribution in [0.25, 0.3) is 0 Å². The molecule has 1 aliphatic heterocycles. The fourth-order valence-corrected chi connectivity index (χ4v) is 4.72. The van der Waals surface area contributed by atoms with Gasteiger partial charge in [0.1, 0.15) is 6.54 Å². The minimum absolute atomic E-state index is 0.0705. The fraction of sp³-hybridized carbons (Fsp3) is 0.852. The minimum atomic E-state index is 0.0705. The molecule has 0 aliphatic carbocycles. The summed E-state index contributed by atoms with van der Waals surface area (Å²) < 4.78 is 1.02. The maximum absolute atomic E-state index is 11.2. The molecule has 2 atom stereocenters. The summed E-state index contributed by atoms with van der Waals surface area (Å²) in [6.07, 6.45) is 27.5. The summed E-state index contributed by atoms with van der Waals surface area (Å²) in [5, 5.41) is 2.96. The summed E-state index contributed by atoms with van der Waals surface area (Å²) in [7, 11) is 0. The van der Waals surface area contributed by atoms with E-state index in [9.17, 15) is 4.79 Å². The molecule has 0 aromatic heterocycles. The van der Waals surface area contributed by atoms with E-state index in [0.717, 1.165) is 30.7 Å². The van der Waals surface area contributed by atoms with Crippen LogP contribution in [0, 0.1) is 0 Å². The number of amides is 1. The Labute approximate surface area is 193 Å². The van der Waals surface area contributed by atoms with Crippen LogP contribution in [0.15, 0.2) is 17.1 Å². The molecule has 4 nitrogen and oxygen atoms in total. The van der Waals surface area contributed by atoms with Crippen molar-refractivity contribution in [2.75, 3.05) is 26.2 Å². The predicted octanol–water partition coefficient (Wildman–Crippen LogP) is 6.80. The molecule has 0 aromatic carbocycles. The monoisotopic (exact) mass is 434 g/mol. The maximum Gasteiger partial charge on any atom is 0.217 e. The van der Waals surface area contributed by atoms with Crippen molar-refractivity contribution in [3.63, 3.8) is 0 Å². The number of likely N-dealkylation sites (N-methyl/N-ethyl adjacent to an activating group) is 1. The van der Waals surface area contributed by atoms with Crippen LogP contribution in [0.1, 0.15) is 117 Å². The van der Waals surface area contributed by atoms with Crippen molar-refractivity contribution in [2.24, 2.45) is 4.99 Å². The largest absolute Gasteiger partial charge is 0.351 e. The normalized spacial score (nSPS) is 20.7. The van der Waals surface area contributed by atoms with Gasteiger partial charge >= 0.3 is 0 Å². The van der Waals surface area contributed by atoms with Crippen molar-refractivity contribution in [3.8, 4) is 0 Å². The Hall–Kier alpha value is -1.16. The zero-order valence-corrected chi connectivity index (χ0v) is 21.0. The molecular weight excluding hydrogens is 382 g/mol. The van der Waals surface area contributed by atoms with Crippen LogP contribution in [-0.2, 0) is 4.79 Å². The zero-order chi connectivity index (χ0) is 22.6. The van der Waals surface area contributed by atoms with Gasteiger partial charge in [0.25, 0.3) is 0 Å². The smallest absolute Gasteiger partial charge is 0.217 e. The molecule has 2 unspecified atom stereocenters. The second kappa shape index (κ2) is 18.4. The van der Waals surface area contributed by atoms with Crippen LogP contribution < -0.4 is 5.32 Å². The van der Waals surface area contributed by atoms with Crippen molar-refractivity contribution in [1.82, 2.24) is 5.32 Å². The third kappa shape index (κ3) is 13.1. The van der Waals surface area contributed by atoms with Gasteiger partial charge in [-0.2, -0.15) is 0 Å². The molecule has 180 valence electrons. The molecule has 4 heteroatoms. The van der Waals surface area contributed by atoms with E-state index < -0.39 is 0 Å². The molecule has 1 rings (SSSR count). The van der Waals surface area contributed by atoms with Gasteiger partial charge in [-0.1, -0.05) is 83.3 Å². The lowest BCUT2D eigenvalue weighted by atomic mass is 10.0. The van der Waals surface area contributed by atoms with Crippen LogP contribution in [0.2, 0.25) is 0 Å². The second-order valence-electron chi connectivity index (χ2n) is 9.46. The quantitative estimate of drug-likeness (QED) is 0.128. The number of nitrogens with zero attached hydrogens (tertiary/aromatic N) is 2. The molecule has 31 heavy (non-hydrogen) atoms. The highest BCUT2D eigenvalue weighted by Crippen LogP contribution is 2.24. The highest BCUT2D eigenvalue weighted by atomic mass is 16.1. The summed E-state index contributed by atoms with van der Waals surface area (Å²) in [6, 6.07) is 0. The number of carbonyl (C=O) groups is 1. The third-order valence-corrected chi connectivity index (χ3v) is 6.87. The van der Waals surface area contributed by atoms with E-state index in [-0.39, 0.29) is 5.91 Å². The van der Waals surface area contributed by atoms with Crippen LogP contribution in [-0.4, -0.2) is 48.9 Å². The van der Waals surface area contributed by atoms with Crippen LogP contribution in [0.3, 0.4) is 0 Å². The highest BCUT2D eigenvalue weighted by molar-refractivity contribution is 5.72. The Morgan fingerprint density at radius 1 is 0.935 bits per heavy atom. The summed E-state index contributed by atoms with van der Waals surface area (Å²) in [6.45, 7) is 9.99. The lowest BCUT2D eigenvalue weighted by Crippen LogP contribution is -2.55. The van der Waals surface area contributed by atoms with Crippen molar-refractivity contribution in [2.45, 2.75) is 123 Å². The Morgan fingerprint density at radius 2 is 1.52 bits per heavy atom. The number of carbonyl (C=O) groups excluding carboxylic acids is 1. The van der Waals surface area contributed by atoms with Gasteiger partial charge in [0.15, 0.2) is 6.17 Å². The van der Waals surface area contributed by atoms with Gasteiger partial charge in [0.05, 0.1) is 25.8 Å². The van der Waals surface area contributed by atoms with E-state index in [0.29, 0.717) is 6.17 Å². The molecular formula is C27H52N3O+. The number of hydrogen-bond acceptors (Lipinski definition) is 2. The molecule has 1 heterocycles. The van der Waals surface area contributed by atoms with Gasteiger partial charge < -0.3 is 5.32 Å². The molecule has 1 aliphatic rings. The number of hydrogen-bond donors (Lipinski definition) is 1. The van der Waals surface area contributed by atoms with E-state index in [4.69, 9.17) is 4.99 Å². The van der Waals surface area contributed by atoms with Gasteiger partial charge in [0, 0.05) is 13.3 Å². The van der Waals surface area contributed by atoms with Gasteiger partial charge in [-0.3, -0.25) is 9.28 Å². The third-order valence-electron chi connectivity index (χ3n) is 6.87. The fourth-order valence-electron chi connectivity index (χ4n) is 4.72. The van der Waals surface area contributed by atoms with E-state index in [1.165, 1.54) is 96.3 Å². The molecule has 1 amide bonds. The SMILES string of the molecule is CCC/C=C/CCCCCCCCCCCCCC1N=CC[N+]1(CC)CCNC(C)=O. The van der Waals surface area contributed by atoms with Gasteiger partial charge in [-0.15, -0.1) is 0 Å². The predicted molar refractivity (Wildman–Crippen MR) is 136 cm³/mol. The first-order chi connectivity index (χ1) is 15.1. The Morgan fingerprint density at radius 3 is 2.10 bits per heavy atom. The molecule has 0 spiro atoms. The highest BCUT2D eigenvalue weighted by Gasteiger charge is 2.37. The molecule has 0 radical (unpaired) electrons. The van der Waals surface area contributed by atoms with E-state index in [1.807, 2.05) is 0 Å². The molecule has 1 N–H and O–H groups in total. The Bertz CT molecular complexity index is 503. The lowest BCUT2D eigenvalue weighted by Gasteiger charge is -2.38. The van der Waals surface area contributed by atoms with Crippen molar-refractivity contribution >= 4 is 12.1 Å². The van der Waals surface area contributed by atoms with Crippen molar-refractivity contribution < 1.29 is 9.28 Å². The van der Waals surface area contributed by atoms with Gasteiger partial charge in [-0.05, 0) is 32.6 Å². The van der Waals surface area contributed by atoms with Crippen molar-refractivity contribution in [3.05, 3.63) is 12.2 Å². The molecule has 0 fully saturated rings. The molecule has 0 aromatic rings. The summed E-state index contributed by atoms with van der Waals surface area (Å²) in [5.41, 5.74) is 0. The lowest BCUT2D eigenvalue weighted by molar-refractivity contribution is -0.935. The number of allylic oxidation sites excluding steroid dienone is 2.